The summed E-state index contributed by atoms with van der Waals surface area (Å²) in [5.74, 6) is -1.000. The molecule has 0 atom stereocenters. The molecule has 0 amide bonds. The SMILES string of the molecule is COC(=O)C(=O)c1c[nH]c2c(OC)ccc(Br)c12. The van der Waals surface area contributed by atoms with E-state index in [1.807, 2.05) is 0 Å². The number of H-pyrrole nitrogens is 1. The molecule has 18 heavy (non-hydrogen) atoms. The molecule has 0 aliphatic rings. The quantitative estimate of drug-likeness (QED) is 0.536. The predicted molar refractivity (Wildman–Crippen MR) is 68.9 cm³/mol. The zero-order chi connectivity index (χ0) is 13.3. The number of nitrogens with one attached hydrogen (secondary N) is 1. The number of esters is 1. The Morgan fingerprint density at radius 1 is 1.28 bits per heavy atom. The smallest absolute Gasteiger partial charge is 0.379 e. The number of benzene rings is 1. The maximum absolute atomic E-state index is 11.8. The highest BCUT2D eigenvalue weighted by atomic mass is 79.9. The molecule has 5 nitrogen and oxygen atoms in total. The Balaban J connectivity index is 2.67. The van der Waals surface area contributed by atoms with Gasteiger partial charge in [0.2, 0.25) is 0 Å². The van der Waals surface area contributed by atoms with Crippen LogP contribution in [0, 0.1) is 0 Å². The lowest BCUT2D eigenvalue weighted by molar-refractivity contribution is -0.135. The van der Waals surface area contributed by atoms with Crippen molar-refractivity contribution < 1.29 is 19.1 Å². The summed E-state index contributed by atoms with van der Waals surface area (Å²) in [6, 6.07) is 3.51. The topological polar surface area (TPSA) is 68.4 Å². The van der Waals surface area contributed by atoms with Gasteiger partial charge in [-0.05, 0) is 12.1 Å². The number of methoxy groups -OCH3 is 2. The van der Waals surface area contributed by atoms with Gasteiger partial charge in [-0.15, -0.1) is 0 Å². The summed E-state index contributed by atoms with van der Waals surface area (Å²) >= 11 is 3.35. The number of fused-ring (bicyclic) bond motifs is 1. The standard InChI is InChI=1S/C12H10BrNO4/c1-17-8-4-3-7(13)9-6(5-14-10(8)9)11(15)12(16)18-2/h3-5,14H,1-2H3. The van der Waals surface area contributed by atoms with Gasteiger partial charge in [-0.25, -0.2) is 4.79 Å². The van der Waals surface area contributed by atoms with Crippen molar-refractivity contribution in [2.45, 2.75) is 0 Å². The first-order valence-electron chi connectivity index (χ1n) is 5.06. The fourth-order valence-corrected chi connectivity index (χ4v) is 2.28. The van der Waals surface area contributed by atoms with E-state index >= 15 is 0 Å². The molecule has 1 aromatic heterocycles. The summed E-state index contributed by atoms with van der Waals surface area (Å²) < 4.78 is 10.3. The van der Waals surface area contributed by atoms with Crippen molar-refractivity contribution in [3.05, 3.63) is 28.4 Å². The number of halogens is 1. The molecule has 2 aromatic rings. The predicted octanol–water partition coefficient (Wildman–Crippen LogP) is 2.29. The third-order valence-electron chi connectivity index (χ3n) is 2.58. The van der Waals surface area contributed by atoms with Crippen LogP contribution in [-0.2, 0) is 9.53 Å². The molecule has 1 heterocycles. The molecule has 0 aliphatic heterocycles. The van der Waals surface area contributed by atoms with Crippen molar-refractivity contribution in [2.24, 2.45) is 0 Å². The van der Waals surface area contributed by atoms with Crippen molar-refractivity contribution in [2.75, 3.05) is 14.2 Å². The van der Waals surface area contributed by atoms with E-state index in [0.717, 1.165) is 0 Å². The minimum absolute atomic E-state index is 0.252. The molecular weight excluding hydrogens is 302 g/mol. The third-order valence-corrected chi connectivity index (χ3v) is 3.24. The minimum atomic E-state index is -0.898. The molecule has 1 aromatic carbocycles. The summed E-state index contributed by atoms with van der Waals surface area (Å²) in [5.41, 5.74) is 0.904. The first-order valence-corrected chi connectivity index (χ1v) is 5.85. The summed E-state index contributed by atoms with van der Waals surface area (Å²) in [5, 5.41) is 0.602. The van der Waals surface area contributed by atoms with E-state index < -0.39 is 11.8 Å². The lowest BCUT2D eigenvalue weighted by Gasteiger charge is -2.04. The number of aromatic nitrogens is 1. The molecule has 0 radical (unpaired) electrons. The van der Waals surface area contributed by atoms with Crippen LogP contribution in [0.4, 0.5) is 0 Å². The van der Waals surface area contributed by atoms with E-state index in [9.17, 15) is 9.59 Å². The van der Waals surface area contributed by atoms with Crippen LogP contribution < -0.4 is 4.74 Å². The highest BCUT2D eigenvalue weighted by Crippen LogP contribution is 2.33. The Morgan fingerprint density at radius 3 is 2.61 bits per heavy atom. The summed E-state index contributed by atoms with van der Waals surface area (Å²) in [6.45, 7) is 0. The highest BCUT2D eigenvalue weighted by molar-refractivity contribution is 9.10. The second kappa shape index (κ2) is 4.81. The van der Waals surface area contributed by atoms with Crippen LogP contribution in [0.25, 0.3) is 10.9 Å². The van der Waals surface area contributed by atoms with E-state index in [0.29, 0.717) is 21.1 Å². The van der Waals surface area contributed by atoms with E-state index in [1.165, 1.54) is 20.4 Å². The minimum Gasteiger partial charge on any atom is -0.495 e. The number of carbonyl (C=O) groups is 2. The van der Waals surface area contributed by atoms with Crippen molar-refractivity contribution in [1.82, 2.24) is 4.98 Å². The van der Waals surface area contributed by atoms with Crippen molar-refractivity contribution in [1.29, 1.82) is 0 Å². The number of ketones is 1. The zero-order valence-corrected chi connectivity index (χ0v) is 11.3. The van der Waals surface area contributed by atoms with Gasteiger partial charge in [-0.3, -0.25) is 4.79 Å². The molecular formula is C12H10BrNO4. The van der Waals surface area contributed by atoms with E-state index in [-0.39, 0.29) is 5.56 Å². The Labute approximate surface area is 111 Å². The van der Waals surface area contributed by atoms with Crippen LogP contribution in [0.5, 0.6) is 5.75 Å². The average Bonchev–Trinajstić information content (AvgIpc) is 2.83. The molecule has 0 saturated heterocycles. The van der Waals surface area contributed by atoms with Crippen LogP contribution in [0.15, 0.2) is 22.8 Å². The molecule has 0 aliphatic carbocycles. The summed E-state index contributed by atoms with van der Waals surface area (Å²) in [4.78, 5) is 26.1. The maximum atomic E-state index is 11.8. The molecule has 94 valence electrons. The van der Waals surface area contributed by atoms with Crippen molar-refractivity contribution in [3.8, 4) is 5.75 Å². The van der Waals surface area contributed by atoms with Crippen LogP contribution in [0.1, 0.15) is 10.4 Å². The third kappa shape index (κ3) is 1.88. The van der Waals surface area contributed by atoms with Gasteiger partial charge in [0.15, 0.2) is 0 Å². The Kier molecular flexibility index (Phi) is 3.38. The molecule has 0 bridgehead atoms. The second-order valence-electron chi connectivity index (χ2n) is 3.52. The number of carbonyl (C=O) groups excluding carboxylic acids is 2. The molecule has 2 rings (SSSR count). The number of Topliss-reactive ketones (excluding diaryl/α,β-unsaturated/α-hetero) is 1. The lowest BCUT2D eigenvalue weighted by Crippen LogP contribution is -2.15. The molecule has 6 heteroatoms. The fraction of sp³-hybridized carbons (Fsp3) is 0.167. The van der Waals surface area contributed by atoms with Crippen molar-refractivity contribution in [3.63, 3.8) is 0 Å². The second-order valence-corrected chi connectivity index (χ2v) is 4.38. The van der Waals surface area contributed by atoms with Crippen molar-refractivity contribution >= 4 is 38.6 Å². The van der Waals surface area contributed by atoms with Crippen LogP contribution in [-0.4, -0.2) is 31.0 Å². The molecule has 1 N–H and O–H groups in total. The first kappa shape index (κ1) is 12.6. The van der Waals surface area contributed by atoms with Gasteiger partial charge in [0, 0.05) is 16.1 Å². The number of rotatable bonds is 3. The monoisotopic (exact) mass is 311 g/mol. The lowest BCUT2D eigenvalue weighted by atomic mass is 10.1. The van der Waals surface area contributed by atoms with Gasteiger partial charge in [-0.1, -0.05) is 15.9 Å². The van der Waals surface area contributed by atoms with Gasteiger partial charge in [0.1, 0.15) is 5.75 Å². The van der Waals surface area contributed by atoms with Crippen LogP contribution >= 0.6 is 15.9 Å². The molecule has 0 unspecified atom stereocenters. The largest absolute Gasteiger partial charge is 0.495 e. The average molecular weight is 312 g/mol. The summed E-state index contributed by atoms with van der Waals surface area (Å²) in [6.07, 6.45) is 1.47. The normalized spacial score (nSPS) is 10.4. The van der Waals surface area contributed by atoms with Crippen LogP contribution in [0.2, 0.25) is 0 Å². The van der Waals surface area contributed by atoms with Gasteiger partial charge >= 0.3 is 5.97 Å². The number of aromatic amines is 1. The zero-order valence-electron chi connectivity index (χ0n) is 9.74. The highest BCUT2D eigenvalue weighted by Gasteiger charge is 2.23. The number of ether oxygens (including phenoxy) is 2. The summed E-state index contributed by atoms with van der Waals surface area (Å²) in [7, 11) is 2.70. The van der Waals surface area contributed by atoms with Crippen LogP contribution in [0.3, 0.4) is 0 Å². The van der Waals surface area contributed by atoms with Gasteiger partial charge in [0.25, 0.3) is 5.78 Å². The Morgan fingerprint density at radius 2 is 2.00 bits per heavy atom. The Bertz CT molecular complexity index is 632. The van der Waals surface area contributed by atoms with E-state index in [4.69, 9.17) is 4.74 Å². The first-order chi connectivity index (χ1) is 8.60. The maximum Gasteiger partial charge on any atom is 0.379 e. The molecule has 0 saturated carbocycles. The van der Waals surface area contributed by atoms with Gasteiger partial charge in [0.05, 0.1) is 25.3 Å². The Hall–Kier alpha value is -1.82. The number of hydrogen-bond donors (Lipinski definition) is 1. The van der Waals surface area contributed by atoms with E-state index in [2.05, 4.69) is 25.7 Å². The van der Waals surface area contributed by atoms with E-state index in [1.54, 1.807) is 12.1 Å². The fourth-order valence-electron chi connectivity index (χ4n) is 1.73. The number of hydrogen-bond acceptors (Lipinski definition) is 4. The van der Waals surface area contributed by atoms with Gasteiger partial charge in [-0.2, -0.15) is 0 Å². The molecule has 0 spiro atoms. The molecule has 0 fully saturated rings. The van der Waals surface area contributed by atoms with Gasteiger partial charge < -0.3 is 14.5 Å².